The molecule has 34 heavy (non-hydrogen) atoms. The van der Waals surface area contributed by atoms with Gasteiger partial charge in [0.1, 0.15) is 23.7 Å². The zero-order valence-electron chi connectivity index (χ0n) is 18.6. The standard InChI is InChI=1S/C24H26F2N4O4/c1-15(31)29-22(11-17-7-8-18(25)12-20(17)26)24(34)30-21(10-9-19(32)13-27)23(33)28-14-16-5-3-2-4-6-16/h2-8,12-13,21-22,27H,9-11,14H2,1H3,(H,28,33)(H,29,31)(H,30,34)/t21-,22-/m0/s1. The first-order valence-electron chi connectivity index (χ1n) is 10.6. The molecule has 3 amide bonds. The van der Waals surface area contributed by atoms with Gasteiger partial charge in [-0.3, -0.25) is 19.2 Å². The van der Waals surface area contributed by atoms with Crippen molar-refractivity contribution >= 4 is 29.7 Å². The minimum absolute atomic E-state index is 0.000590. The smallest absolute Gasteiger partial charge is 0.243 e. The second kappa shape index (κ2) is 12.9. The lowest BCUT2D eigenvalue weighted by Gasteiger charge is -2.23. The quantitative estimate of drug-likeness (QED) is 0.351. The van der Waals surface area contributed by atoms with Crippen LogP contribution in [0.5, 0.6) is 0 Å². The molecule has 0 saturated carbocycles. The van der Waals surface area contributed by atoms with Crippen LogP contribution in [0, 0.1) is 17.0 Å². The van der Waals surface area contributed by atoms with Crippen molar-refractivity contribution in [3.05, 3.63) is 71.3 Å². The van der Waals surface area contributed by atoms with Crippen LogP contribution in [-0.2, 0) is 32.1 Å². The lowest BCUT2D eigenvalue weighted by atomic mass is 10.0. The van der Waals surface area contributed by atoms with Crippen LogP contribution in [0.25, 0.3) is 0 Å². The average molecular weight is 472 g/mol. The Balaban J connectivity index is 2.15. The summed E-state index contributed by atoms with van der Waals surface area (Å²) in [6, 6.07) is 9.50. The van der Waals surface area contributed by atoms with Crippen molar-refractivity contribution in [1.29, 1.82) is 5.41 Å². The third-order valence-electron chi connectivity index (χ3n) is 4.92. The van der Waals surface area contributed by atoms with Gasteiger partial charge in [0.2, 0.25) is 17.7 Å². The van der Waals surface area contributed by atoms with Gasteiger partial charge >= 0.3 is 0 Å². The molecule has 8 nitrogen and oxygen atoms in total. The molecule has 0 aromatic heterocycles. The van der Waals surface area contributed by atoms with E-state index in [1.165, 1.54) is 13.0 Å². The normalized spacial score (nSPS) is 12.2. The van der Waals surface area contributed by atoms with Gasteiger partial charge in [-0.05, 0) is 23.6 Å². The highest BCUT2D eigenvalue weighted by Gasteiger charge is 2.27. The molecule has 0 radical (unpaired) electrons. The van der Waals surface area contributed by atoms with Crippen LogP contribution < -0.4 is 16.0 Å². The minimum atomic E-state index is -1.25. The molecule has 10 heteroatoms. The first-order chi connectivity index (χ1) is 16.2. The fourth-order valence-corrected chi connectivity index (χ4v) is 3.17. The Morgan fingerprint density at radius 1 is 0.971 bits per heavy atom. The first-order valence-corrected chi connectivity index (χ1v) is 10.6. The molecule has 2 aromatic carbocycles. The zero-order chi connectivity index (χ0) is 25.1. The Kier molecular flexibility index (Phi) is 10.0. The molecule has 0 saturated heterocycles. The van der Waals surface area contributed by atoms with Gasteiger partial charge in [-0.2, -0.15) is 0 Å². The molecule has 0 bridgehead atoms. The maximum Gasteiger partial charge on any atom is 0.243 e. The fraction of sp³-hybridized carbons (Fsp3) is 0.292. The summed E-state index contributed by atoms with van der Waals surface area (Å²) >= 11 is 0. The number of nitrogens with one attached hydrogen (secondary N) is 4. The Bertz CT molecular complexity index is 1050. The summed E-state index contributed by atoms with van der Waals surface area (Å²) in [5, 5.41) is 14.6. The number of carbonyl (C=O) groups excluding carboxylic acids is 4. The number of amides is 3. The maximum absolute atomic E-state index is 14.1. The second-order valence-corrected chi connectivity index (χ2v) is 7.61. The summed E-state index contributed by atoms with van der Waals surface area (Å²) in [5.41, 5.74) is 0.818. The van der Waals surface area contributed by atoms with Crippen molar-refractivity contribution in [2.45, 2.75) is 44.8 Å². The summed E-state index contributed by atoms with van der Waals surface area (Å²) in [6.45, 7) is 1.36. The molecule has 0 unspecified atom stereocenters. The van der Waals surface area contributed by atoms with Crippen LogP contribution >= 0.6 is 0 Å². The highest BCUT2D eigenvalue weighted by atomic mass is 19.1. The number of hydrogen-bond acceptors (Lipinski definition) is 5. The van der Waals surface area contributed by atoms with Gasteiger partial charge in [-0.1, -0.05) is 36.4 Å². The lowest BCUT2D eigenvalue weighted by molar-refractivity contribution is -0.132. The van der Waals surface area contributed by atoms with Gasteiger partial charge in [-0.25, -0.2) is 8.78 Å². The number of halogens is 2. The highest BCUT2D eigenvalue weighted by molar-refractivity contribution is 6.26. The van der Waals surface area contributed by atoms with Gasteiger partial charge in [-0.15, -0.1) is 0 Å². The predicted octanol–water partition coefficient (Wildman–Crippen LogP) is 1.81. The van der Waals surface area contributed by atoms with Crippen molar-refractivity contribution in [3.8, 4) is 0 Å². The van der Waals surface area contributed by atoms with Gasteiger partial charge < -0.3 is 21.4 Å². The lowest BCUT2D eigenvalue weighted by Crippen LogP contribution is -2.54. The molecule has 0 aliphatic carbocycles. The van der Waals surface area contributed by atoms with Crippen LogP contribution in [0.4, 0.5) is 8.78 Å². The molecule has 0 fully saturated rings. The molecule has 0 heterocycles. The molecule has 0 aliphatic rings. The third kappa shape index (κ3) is 8.53. The summed E-state index contributed by atoms with van der Waals surface area (Å²) in [7, 11) is 0. The van der Waals surface area contributed by atoms with E-state index in [0.29, 0.717) is 12.3 Å². The Hall–Kier alpha value is -3.95. The van der Waals surface area contributed by atoms with Crippen LogP contribution in [0.1, 0.15) is 30.9 Å². The van der Waals surface area contributed by atoms with Gasteiger partial charge in [0.05, 0.1) is 6.21 Å². The van der Waals surface area contributed by atoms with Crippen molar-refractivity contribution in [1.82, 2.24) is 16.0 Å². The van der Waals surface area contributed by atoms with E-state index >= 15 is 0 Å². The van der Waals surface area contributed by atoms with E-state index in [1.807, 2.05) is 6.07 Å². The van der Waals surface area contributed by atoms with Crippen molar-refractivity contribution < 1.29 is 28.0 Å². The summed E-state index contributed by atoms with van der Waals surface area (Å²) in [4.78, 5) is 48.9. The fourth-order valence-electron chi connectivity index (χ4n) is 3.17. The molecule has 0 spiro atoms. The Labute approximate surface area is 195 Å². The Morgan fingerprint density at radius 2 is 1.68 bits per heavy atom. The molecule has 2 rings (SSSR count). The van der Waals surface area contributed by atoms with Gasteiger partial charge in [0, 0.05) is 32.4 Å². The number of carbonyl (C=O) groups is 4. The topological polar surface area (TPSA) is 128 Å². The average Bonchev–Trinajstić information content (AvgIpc) is 2.81. The molecular formula is C24H26F2N4O4. The number of rotatable bonds is 12. The predicted molar refractivity (Wildman–Crippen MR) is 121 cm³/mol. The van der Waals surface area contributed by atoms with E-state index in [-0.39, 0.29) is 31.4 Å². The van der Waals surface area contributed by atoms with E-state index in [9.17, 15) is 28.0 Å². The first kappa shape index (κ1) is 26.3. The van der Waals surface area contributed by atoms with Crippen LogP contribution in [0.3, 0.4) is 0 Å². The number of ketones is 1. The molecule has 2 aromatic rings. The Morgan fingerprint density at radius 3 is 2.29 bits per heavy atom. The largest absolute Gasteiger partial charge is 0.350 e. The van der Waals surface area contributed by atoms with E-state index in [2.05, 4.69) is 16.0 Å². The molecule has 4 N–H and O–H groups in total. The monoisotopic (exact) mass is 472 g/mol. The van der Waals surface area contributed by atoms with Crippen molar-refractivity contribution in [3.63, 3.8) is 0 Å². The minimum Gasteiger partial charge on any atom is -0.350 e. The summed E-state index contributed by atoms with van der Waals surface area (Å²) in [6.07, 6.45) is 0.0936. The zero-order valence-corrected chi connectivity index (χ0v) is 18.6. The van der Waals surface area contributed by atoms with Crippen molar-refractivity contribution in [2.75, 3.05) is 0 Å². The summed E-state index contributed by atoms with van der Waals surface area (Å²) < 4.78 is 27.3. The third-order valence-corrected chi connectivity index (χ3v) is 4.92. The highest BCUT2D eigenvalue weighted by Crippen LogP contribution is 2.12. The second-order valence-electron chi connectivity index (χ2n) is 7.61. The van der Waals surface area contributed by atoms with E-state index in [0.717, 1.165) is 11.6 Å². The van der Waals surface area contributed by atoms with E-state index in [1.54, 1.807) is 24.3 Å². The number of hydrogen-bond donors (Lipinski definition) is 4. The number of benzene rings is 2. The molecule has 180 valence electrons. The van der Waals surface area contributed by atoms with Gasteiger partial charge in [0.25, 0.3) is 0 Å². The molecule has 0 aliphatic heterocycles. The maximum atomic E-state index is 14.1. The molecular weight excluding hydrogens is 446 g/mol. The summed E-state index contributed by atoms with van der Waals surface area (Å²) in [5.74, 6) is -4.09. The van der Waals surface area contributed by atoms with E-state index < -0.39 is 47.2 Å². The van der Waals surface area contributed by atoms with Crippen molar-refractivity contribution in [2.24, 2.45) is 0 Å². The van der Waals surface area contributed by atoms with Crippen LogP contribution in [0.15, 0.2) is 48.5 Å². The van der Waals surface area contributed by atoms with Crippen LogP contribution in [-0.4, -0.2) is 41.8 Å². The van der Waals surface area contributed by atoms with Gasteiger partial charge in [0.15, 0.2) is 5.78 Å². The van der Waals surface area contributed by atoms with Crippen LogP contribution in [0.2, 0.25) is 0 Å². The number of Topliss-reactive ketones (excluding diaryl/α,β-unsaturated/α-hetero) is 1. The molecule has 2 atom stereocenters. The SMILES string of the molecule is CC(=O)N[C@@H](Cc1ccc(F)cc1F)C(=O)N[C@@H](CCC(=O)C=N)C(=O)NCc1ccccc1. The van der Waals surface area contributed by atoms with E-state index in [4.69, 9.17) is 5.41 Å².